The van der Waals surface area contributed by atoms with Crippen molar-refractivity contribution in [2.75, 3.05) is 6.26 Å². The van der Waals surface area contributed by atoms with Crippen molar-refractivity contribution in [3.63, 3.8) is 0 Å². The smallest absolute Gasteiger partial charge is 0.252 e. The third-order valence-electron chi connectivity index (χ3n) is 5.11. The Morgan fingerprint density at radius 3 is 2.29 bits per heavy atom. The Bertz CT molecular complexity index is 1230. The molecule has 0 bridgehead atoms. The Hall–Kier alpha value is -2.74. The molecule has 31 heavy (non-hydrogen) atoms. The first-order valence-electron chi connectivity index (χ1n) is 10.3. The number of nitrogens with one attached hydrogen (secondary N) is 1. The molecular weight excluding hydrogens is 412 g/mol. The summed E-state index contributed by atoms with van der Waals surface area (Å²) in [7, 11) is -3.25. The minimum Gasteiger partial charge on any atom is -0.348 e. The molecule has 0 aliphatic rings. The number of amides is 1. The highest BCUT2D eigenvalue weighted by Crippen LogP contribution is 2.29. The van der Waals surface area contributed by atoms with Gasteiger partial charge in [0.15, 0.2) is 15.5 Å². The van der Waals surface area contributed by atoms with Crippen LogP contribution >= 0.6 is 0 Å². The molecule has 0 aliphatic carbocycles. The molecule has 8 heteroatoms. The lowest BCUT2D eigenvalue weighted by Gasteiger charge is -2.20. The normalized spacial score (nSPS) is 12.5. The van der Waals surface area contributed by atoms with Crippen molar-refractivity contribution >= 4 is 26.8 Å². The van der Waals surface area contributed by atoms with E-state index in [1.165, 1.54) is 6.26 Å². The maximum Gasteiger partial charge on any atom is 0.252 e. The second kappa shape index (κ2) is 8.07. The summed E-state index contributed by atoms with van der Waals surface area (Å²) >= 11 is 0. The summed E-state index contributed by atoms with van der Waals surface area (Å²) in [5.74, 6) is -0.0545. The summed E-state index contributed by atoms with van der Waals surface area (Å²) in [4.78, 5) is 18.2. The first-order chi connectivity index (χ1) is 14.3. The molecular formula is C23H30N4O3S. The highest BCUT2D eigenvalue weighted by Gasteiger charge is 2.25. The van der Waals surface area contributed by atoms with E-state index in [1.54, 1.807) is 24.3 Å². The van der Waals surface area contributed by atoms with Crippen LogP contribution in [0.5, 0.6) is 0 Å². The molecule has 2 aromatic heterocycles. The topological polar surface area (TPSA) is 93.9 Å². The van der Waals surface area contributed by atoms with Crippen LogP contribution in [-0.4, -0.2) is 35.3 Å². The third kappa shape index (κ3) is 4.79. The summed E-state index contributed by atoms with van der Waals surface area (Å²) in [6, 6.07) is 8.37. The van der Waals surface area contributed by atoms with Gasteiger partial charge in [-0.2, -0.15) is 5.10 Å². The van der Waals surface area contributed by atoms with Gasteiger partial charge in [0.25, 0.3) is 5.91 Å². The molecule has 0 fully saturated rings. The molecule has 3 aromatic rings. The first kappa shape index (κ1) is 22.9. The van der Waals surface area contributed by atoms with Gasteiger partial charge in [-0.1, -0.05) is 26.0 Å². The van der Waals surface area contributed by atoms with Gasteiger partial charge in [-0.05, 0) is 57.4 Å². The lowest BCUT2D eigenvalue weighted by Crippen LogP contribution is -2.25. The van der Waals surface area contributed by atoms with Gasteiger partial charge in [0.1, 0.15) is 0 Å². The summed E-state index contributed by atoms with van der Waals surface area (Å²) in [5, 5.41) is 8.38. The van der Waals surface area contributed by atoms with Crippen LogP contribution in [-0.2, 0) is 21.9 Å². The number of benzene rings is 1. The number of aromatic nitrogens is 3. The number of carbonyl (C=O) groups excluding carboxylic acids is 1. The number of nitrogens with zero attached hydrogens (tertiary/aromatic N) is 3. The highest BCUT2D eigenvalue weighted by molar-refractivity contribution is 7.90. The molecule has 0 aliphatic heterocycles. The van der Waals surface area contributed by atoms with Crippen LogP contribution in [0.4, 0.5) is 0 Å². The van der Waals surface area contributed by atoms with Gasteiger partial charge in [-0.15, -0.1) is 0 Å². The minimum absolute atomic E-state index is 0.156. The SMILES string of the molecule is Cc1nn(C(C)(C)C)c2nc(C(C)C)cc(C(=O)NCc3ccc(S(C)(=O)=O)cc3)c12. The van der Waals surface area contributed by atoms with Crippen LogP contribution in [0, 0.1) is 6.92 Å². The van der Waals surface area contributed by atoms with Gasteiger partial charge in [-0.3, -0.25) is 4.79 Å². The number of carbonyl (C=O) groups is 1. The standard InChI is InChI=1S/C23H30N4O3S/c1-14(2)19-12-18(20-15(3)26-27(21(20)25-19)23(4,5)6)22(28)24-13-16-8-10-17(11-9-16)31(7,29)30/h8-12,14H,13H2,1-7H3,(H,24,28). The fourth-order valence-electron chi connectivity index (χ4n) is 3.38. The maximum absolute atomic E-state index is 13.2. The van der Waals surface area contributed by atoms with E-state index in [-0.39, 0.29) is 28.8 Å². The molecule has 0 atom stereocenters. The Kier molecular flexibility index (Phi) is 5.97. The van der Waals surface area contributed by atoms with Gasteiger partial charge < -0.3 is 5.32 Å². The fourth-order valence-corrected chi connectivity index (χ4v) is 4.01. The predicted molar refractivity (Wildman–Crippen MR) is 122 cm³/mol. The predicted octanol–water partition coefficient (Wildman–Crippen LogP) is 3.95. The zero-order chi connectivity index (χ0) is 23.1. The Labute approximate surface area is 183 Å². The van der Waals surface area contributed by atoms with Gasteiger partial charge in [0, 0.05) is 18.5 Å². The quantitative estimate of drug-likeness (QED) is 0.646. The van der Waals surface area contributed by atoms with E-state index in [0.717, 1.165) is 22.3 Å². The van der Waals surface area contributed by atoms with E-state index in [9.17, 15) is 13.2 Å². The molecule has 0 spiro atoms. The Morgan fingerprint density at radius 1 is 1.16 bits per heavy atom. The van der Waals surface area contributed by atoms with E-state index in [2.05, 4.69) is 31.2 Å². The van der Waals surface area contributed by atoms with Crippen molar-refractivity contribution in [2.24, 2.45) is 0 Å². The summed E-state index contributed by atoms with van der Waals surface area (Å²) in [6.07, 6.45) is 1.17. The Balaban J connectivity index is 1.97. The summed E-state index contributed by atoms with van der Waals surface area (Å²) in [5.41, 5.74) is 3.39. The van der Waals surface area contributed by atoms with Crippen LogP contribution in [0.15, 0.2) is 35.2 Å². The number of fused-ring (bicyclic) bond motifs is 1. The largest absolute Gasteiger partial charge is 0.348 e. The highest BCUT2D eigenvalue weighted by atomic mass is 32.2. The van der Waals surface area contributed by atoms with Crippen LogP contribution in [0.2, 0.25) is 0 Å². The second-order valence-corrected chi connectivity index (χ2v) is 11.2. The number of aryl methyl sites for hydroxylation is 1. The van der Waals surface area contributed by atoms with Crippen LogP contribution in [0.1, 0.15) is 67.8 Å². The maximum atomic E-state index is 13.2. The van der Waals surface area contributed by atoms with E-state index in [1.807, 2.05) is 31.5 Å². The van der Waals surface area contributed by atoms with Crippen molar-refractivity contribution < 1.29 is 13.2 Å². The lowest BCUT2D eigenvalue weighted by atomic mass is 10.0. The molecule has 0 saturated carbocycles. The molecule has 1 aromatic carbocycles. The van der Waals surface area contributed by atoms with Gasteiger partial charge in [-0.25, -0.2) is 18.1 Å². The molecule has 2 heterocycles. The van der Waals surface area contributed by atoms with Crippen molar-refractivity contribution in [1.29, 1.82) is 0 Å². The monoisotopic (exact) mass is 442 g/mol. The molecule has 0 unspecified atom stereocenters. The summed E-state index contributed by atoms with van der Waals surface area (Å²) in [6.45, 7) is 12.4. The van der Waals surface area contributed by atoms with Crippen LogP contribution in [0.25, 0.3) is 11.0 Å². The number of pyridine rings is 1. The zero-order valence-corrected chi connectivity index (χ0v) is 20.0. The molecule has 1 N–H and O–H groups in total. The van der Waals surface area contributed by atoms with E-state index >= 15 is 0 Å². The first-order valence-corrected chi connectivity index (χ1v) is 12.2. The summed E-state index contributed by atoms with van der Waals surface area (Å²) < 4.78 is 25.1. The van der Waals surface area contributed by atoms with Gasteiger partial charge in [0.05, 0.1) is 27.1 Å². The van der Waals surface area contributed by atoms with E-state index in [4.69, 9.17) is 4.98 Å². The fraction of sp³-hybridized carbons (Fsp3) is 0.435. The number of rotatable bonds is 5. The second-order valence-electron chi connectivity index (χ2n) is 9.21. The molecule has 166 valence electrons. The molecule has 1 amide bonds. The van der Waals surface area contributed by atoms with Crippen LogP contribution in [0.3, 0.4) is 0 Å². The molecule has 0 radical (unpaired) electrons. The molecule has 0 saturated heterocycles. The third-order valence-corrected chi connectivity index (χ3v) is 6.24. The van der Waals surface area contributed by atoms with Crippen LogP contribution < -0.4 is 5.32 Å². The minimum atomic E-state index is -3.25. The van der Waals surface area contributed by atoms with E-state index < -0.39 is 9.84 Å². The van der Waals surface area contributed by atoms with Crippen molar-refractivity contribution in [3.8, 4) is 0 Å². The van der Waals surface area contributed by atoms with Gasteiger partial charge >= 0.3 is 0 Å². The number of sulfone groups is 1. The van der Waals surface area contributed by atoms with Gasteiger partial charge in [0.2, 0.25) is 0 Å². The van der Waals surface area contributed by atoms with Crippen molar-refractivity contribution in [3.05, 3.63) is 52.8 Å². The average molecular weight is 443 g/mol. The van der Waals surface area contributed by atoms with Crippen molar-refractivity contribution in [1.82, 2.24) is 20.1 Å². The number of hydrogen-bond acceptors (Lipinski definition) is 5. The Morgan fingerprint density at radius 2 is 1.77 bits per heavy atom. The lowest BCUT2D eigenvalue weighted by molar-refractivity contribution is 0.0952. The molecule has 3 rings (SSSR count). The number of hydrogen-bond donors (Lipinski definition) is 1. The molecule has 7 nitrogen and oxygen atoms in total. The van der Waals surface area contributed by atoms with Crippen molar-refractivity contribution in [2.45, 2.75) is 64.4 Å². The zero-order valence-electron chi connectivity index (χ0n) is 19.1. The average Bonchev–Trinajstić information content (AvgIpc) is 3.02. The van der Waals surface area contributed by atoms with E-state index in [0.29, 0.717) is 11.2 Å².